The van der Waals surface area contributed by atoms with Crippen LogP contribution in [0.4, 0.5) is 0 Å². The summed E-state index contributed by atoms with van der Waals surface area (Å²) in [5.74, 6) is 0.906. The van der Waals surface area contributed by atoms with E-state index in [0.717, 1.165) is 36.5 Å². The number of methoxy groups -OCH3 is 1. The van der Waals surface area contributed by atoms with Gasteiger partial charge in [0.2, 0.25) is 0 Å². The van der Waals surface area contributed by atoms with E-state index < -0.39 is 0 Å². The molecule has 1 aromatic carbocycles. The van der Waals surface area contributed by atoms with Crippen LogP contribution >= 0.6 is 0 Å². The summed E-state index contributed by atoms with van der Waals surface area (Å²) < 4.78 is 10.3. The molecular weight excluding hydrogens is 264 g/mol. The van der Waals surface area contributed by atoms with Crippen molar-refractivity contribution in [3.63, 3.8) is 0 Å². The smallest absolute Gasteiger partial charge is 0.126 e. The third kappa shape index (κ3) is 3.16. The van der Waals surface area contributed by atoms with Gasteiger partial charge in [-0.15, -0.1) is 0 Å². The maximum atomic E-state index is 5.36. The normalized spacial score (nSPS) is 19.4. The molecule has 1 atom stereocenters. The van der Waals surface area contributed by atoms with E-state index in [2.05, 4.69) is 28.3 Å². The third-order valence-electron chi connectivity index (χ3n) is 3.94. The predicted molar refractivity (Wildman–Crippen MR) is 82.1 cm³/mol. The fraction of sp³-hybridized carbons (Fsp3) is 0.353. The van der Waals surface area contributed by atoms with Gasteiger partial charge < -0.3 is 9.26 Å². The van der Waals surface area contributed by atoms with Gasteiger partial charge >= 0.3 is 0 Å². The SMILES string of the molecule is COc1ccccc1C=CCN1CCC[C@@H]1c1ccon1. The molecule has 2 heterocycles. The summed E-state index contributed by atoms with van der Waals surface area (Å²) in [5.41, 5.74) is 2.15. The molecule has 0 radical (unpaired) electrons. The molecule has 0 bridgehead atoms. The van der Waals surface area contributed by atoms with E-state index in [1.807, 2.05) is 24.3 Å². The van der Waals surface area contributed by atoms with E-state index in [9.17, 15) is 0 Å². The zero-order valence-electron chi connectivity index (χ0n) is 12.2. The number of aromatic nitrogens is 1. The van der Waals surface area contributed by atoms with Gasteiger partial charge in [0.05, 0.1) is 13.2 Å². The van der Waals surface area contributed by atoms with Crippen LogP contribution in [0.1, 0.15) is 30.1 Å². The Balaban J connectivity index is 1.65. The van der Waals surface area contributed by atoms with E-state index in [1.165, 1.54) is 6.42 Å². The first-order valence-corrected chi connectivity index (χ1v) is 7.32. The summed E-state index contributed by atoms with van der Waals surface area (Å²) in [6.07, 6.45) is 8.32. The molecule has 0 amide bonds. The highest BCUT2D eigenvalue weighted by atomic mass is 16.5. The number of benzene rings is 1. The van der Waals surface area contributed by atoms with Gasteiger partial charge in [-0.25, -0.2) is 0 Å². The molecule has 1 saturated heterocycles. The van der Waals surface area contributed by atoms with Gasteiger partial charge in [0.15, 0.2) is 0 Å². The summed E-state index contributed by atoms with van der Waals surface area (Å²) >= 11 is 0. The second kappa shape index (κ2) is 6.59. The van der Waals surface area contributed by atoms with Gasteiger partial charge in [0.1, 0.15) is 17.7 Å². The lowest BCUT2D eigenvalue weighted by atomic mass is 10.1. The Labute approximate surface area is 125 Å². The van der Waals surface area contributed by atoms with Crippen LogP contribution in [-0.2, 0) is 0 Å². The minimum absolute atomic E-state index is 0.381. The van der Waals surface area contributed by atoms with Crippen molar-refractivity contribution in [1.82, 2.24) is 10.1 Å². The highest BCUT2D eigenvalue weighted by molar-refractivity contribution is 5.57. The van der Waals surface area contributed by atoms with Crippen molar-refractivity contribution in [3.8, 4) is 5.75 Å². The molecule has 110 valence electrons. The zero-order valence-corrected chi connectivity index (χ0v) is 12.2. The van der Waals surface area contributed by atoms with Crippen LogP contribution in [0.5, 0.6) is 5.75 Å². The Morgan fingerprint density at radius 1 is 1.38 bits per heavy atom. The average molecular weight is 284 g/mol. The van der Waals surface area contributed by atoms with Crippen molar-refractivity contribution in [2.24, 2.45) is 0 Å². The van der Waals surface area contributed by atoms with E-state index in [4.69, 9.17) is 9.26 Å². The summed E-state index contributed by atoms with van der Waals surface area (Å²) in [4.78, 5) is 2.43. The highest BCUT2D eigenvalue weighted by Gasteiger charge is 2.26. The first-order valence-electron chi connectivity index (χ1n) is 7.32. The summed E-state index contributed by atoms with van der Waals surface area (Å²) in [6.45, 7) is 2.02. The van der Waals surface area contributed by atoms with Crippen molar-refractivity contribution < 1.29 is 9.26 Å². The van der Waals surface area contributed by atoms with Crippen molar-refractivity contribution in [1.29, 1.82) is 0 Å². The largest absolute Gasteiger partial charge is 0.496 e. The molecule has 4 nitrogen and oxygen atoms in total. The van der Waals surface area contributed by atoms with Crippen LogP contribution in [-0.4, -0.2) is 30.3 Å². The first-order chi connectivity index (χ1) is 10.4. The van der Waals surface area contributed by atoms with E-state index in [-0.39, 0.29) is 0 Å². The Morgan fingerprint density at radius 3 is 3.10 bits per heavy atom. The van der Waals surface area contributed by atoms with E-state index in [0.29, 0.717) is 6.04 Å². The fourth-order valence-electron chi connectivity index (χ4n) is 2.89. The second-order valence-corrected chi connectivity index (χ2v) is 5.22. The Bertz CT molecular complexity index is 593. The molecule has 0 N–H and O–H groups in total. The molecule has 0 aliphatic carbocycles. The second-order valence-electron chi connectivity index (χ2n) is 5.22. The number of hydrogen-bond donors (Lipinski definition) is 0. The molecule has 0 spiro atoms. The minimum atomic E-state index is 0.381. The van der Waals surface area contributed by atoms with Crippen molar-refractivity contribution in [3.05, 3.63) is 53.9 Å². The van der Waals surface area contributed by atoms with Gasteiger partial charge in [-0.2, -0.15) is 0 Å². The van der Waals surface area contributed by atoms with Crippen molar-refractivity contribution >= 4 is 6.08 Å². The number of ether oxygens (including phenoxy) is 1. The number of hydrogen-bond acceptors (Lipinski definition) is 4. The third-order valence-corrected chi connectivity index (χ3v) is 3.94. The molecule has 0 unspecified atom stereocenters. The van der Waals surface area contributed by atoms with Crippen LogP contribution in [0.3, 0.4) is 0 Å². The van der Waals surface area contributed by atoms with Gasteiger partial charge in [0.25, 0.3) is 0 Å². The molecule has 1 aliphatic rings. The van der Waals surface area contributed by atoms with Crippen LogP contribution in [0.25, 0.3) is 6.08 Å². The van der Waals surface area contributed by atoms with Gasteiger partial charge in [-0.05, 0) is 25.5 Å². The fourth-order valence-corrected chi connectivity index (χ4v) is 2.89. The van der Waals surface area contributed by atoms with Crippen LogP contribution < -0.4 is 4.74 Å². The topological polar surface area (TPSA) is 38.5 Å². The van der Waals surface area contributed by atoms with Crippen molar-refractivity contribution in [2.45, 2.75) is 18.9 Å². The molecule has 3 rings (SSSR count). The standard InChI is InChI=1S/C17H20N2O2/c1-20-17-9-3-2-6-14(17)7-4-11-19-12-5-8-16(19)15-10-13-21-18-15/h2-4,6-7,9-10,13,16H,5,8,11-12H2,1H3/t16-/m1/s1. The van der Waals surface area contributed by atoms with Crippen molar-refractivity contribution in [2.75, 3.05) is 20.2 Å². The number of likely N-dealkylation sites (tertiary alicyclic amines) is 1. The lowest BCUT2D eigenvalue weighted by Crippen LogP contribution is -2.23. The van der Waals surface area contributed by atoms with Crippen LogP contribution in [0.2, 0.25) is 0 Å². The molecule has 1 aromatic heterocycles. The number of rotatable bonds is 5. The molecule has 1 aliphatic heterocycles. The molecule has 1 fully saturated rings. The molecule has 2 aromatic rings. The number of para-hydroxylation sites is 1. The molecule has 21 heavy (non-hydrogen) atoms. The predicted octanol–water partition coefficient (Wildman–Crippen LogP) is 3.53. The Hall–Kier alpha value is -2.07. The lowest BCUT2D eigenvalue weighted by molar-refractivity contribution is 0.270. The van der Waals surface area contributed by atoms with Gasteiger partial charge in [-0.3, -0.25) is 4.90 Å². The molecule has 0 saturated carbocycles. The quantitative estimate of drug-likeness (QED) is 0.842. The van der Waals surface area contributed by atoms with E-state index in [1.54, 1.807) is 13.4 Å². The van der Waals surface area contributed by atoms with E-state index >= 15 is 0 Å². The summed E-state index contributed by atoms with van der Waals surface area (Å²) in [7, 11) is 1.70. The van der Waals surface area contributed by atoms with Gasteiger partial charge in [-0.1, -0.05) is 35.5 Å². The van der Waals surface area contributed by atoms with Gasteiger partial charge in [0, 0.05) is 18.2 Å². The van der Waals surface area contributed by atoms with Crippen LogP contribution in [0.15, 0.2) is 47.2 Å². The molecule has 4 heteroatoms. The summed E-state index contributed by atoms with van der Waals surface area (Å²) in [6, 6.07) is 10.4. The molecular formula is C17H20N2O2. The Kier molecular flexibility index (Phi) is 4.36. The first kappa shape index (κ1) is 13.9. The maximum Gasteiger partial charge on any atom is 0.126 e. The lowest BCUT2D eigenvalue weighted by Gasteiger charge is -2.20. The Morgan fingerprint density at radius 2 is 2.29 bits per heavy atom. The number of nitrogens with zero attached hydrogens (tertiary/aromatic N) is 2. The minimum Gasteiger partial charge on any atom is -0.496 e. The average Bonchev–Trinajstić information content (AvgIpc) is 3.18. The zero-order chi connectivity index (χ0) is 14.5. The van der Waals surface area contributed by atoms with Crippen LogP contribution in [0, 0.1) is 0 Å². The maximum absolute atomic E-state index is 5.36. The summed E-state index contributed by atoms with van der Waals surface area (Å²) in [5, 5.41) is 4.08. The highest BCUT2D eigenvalue weighted by Crippen LogP contribution is 2.30. The monoisotopic (exact) mass is 284 g/mol.